The second-order valence-electron chi connectivity index (χ2n) is 2.67. The van der Waals surface area contributed by atoms with Gasteiger partial charge in [-0.25, -0.2) is 0 Å². The lowest BCUT2D eigenvalue weighted by atomic mass is 10.2. The van der Waals surface area contributed by atoms with Gasteiger partial charge in [-0.1, -0.05) is 15.9 Å². The lowest BCUT2D eigenvalue weighted by Gasteiger charge is -2.12. The first-order valence-corrected chi connectivity index (χ1v) is 4.40. The lowest BCUT2D eigenvalue weighted by Crippen LogP contribution is -2.18. The first kappa shape index (κ1) is 11.2. The molecule has 1 aromatic rings. The summed E-state index contributed by atoms with van der Waals surface area (Å²) >= 11 is 3.03. The second kappa shape index (κ2) is 3.68. The maximum atomic E-state index is 11.9. The monoisotopic (exact) mass is 269 g/mol. The summed E-state index contributed by atoms with van der Waals surface area (Å²) < 4.78 is 39.9. The van der Waals surface area contributed by atoms with Crippen molar-refractivity contribution in [2.75, 3.05) is 5.73 Å². The topological polar surface area (TPSA) is 35.2 Å². The van der Waals surface area contributed by atoms with E-state index in [2.05, 4.69) is 20.7 Å². The molecule has 14 heavy (non-hydrogen) atoms. The summed E-state index contributed by atoms with van der Waals surface area (Å²) in [5, 5.41) is 0. The van der Waals surface area contributed by atoms with Crippen molar-refractivity contribution in [3.8, 4) is 5.75 Å². The molecule has 78 valence electrons. The average Bonchev–Trinajstić information content (AvgIpc) is 1.96. The highest BCUT2D eigenvalue weighted by atomic mass is 79.9. The van der Waals surface area contributed by atoms with Crippen molar-refractivity contribution in [1.82, 2.24) is 0 Å². The maximum absolute atomic E-state index is 11.9. The highest BCUT2D eigenvalue weighted by molar-refractivity contribution is 9.10. The van der Waals surface area contributed by atoms with Gasteiger partial charge < -0.3 is 10.5 Å². The zero-order valence-electron chi connectivity index (χ0n) is 7.15. The van der Waals surface area contributed by atoms with E-state index in [0.29, 0.717) is 4.47 Å². The summed E-state index contributed by atoms with van der Waals surface area (Å²) in [7, 11) is 0. The molecular formula is C8H7BrF3NO. The number of anilines is 1. The molecule has 0 heterocycles. The van der Waals surface area contributed by atoms with E-state index in [1.165, 1.54) is 19.1 Å². The number of halogens is 4. The molecule has 0 radical (unpaired) electrons. The van der Waals surface area contributed by atoms with Crippen LogP contribution in [0.1, 0.15) is 5.56 Å². The van der Waals surface area contributed by atoms with Crippen LogP contribution in [0.25, 0.3) is 0 Å². The number of hydrogen-bond donors (Lipinski definition) is 1. The molecule has 6 heteroatoms. The first-order valence-electron chi connectivity index (χ1n) is 3.61. The van der Waals surface area contributed by atoms with E-state index in [9.17, 15) is 13.2 Å². The van der Waals surface area contributed by atoms with E-state index in [-0.39, 0.29) is 17.0 Å². The molecule has 0 atom stereocenters. The predicted octanol–water partition coefficient (Wildman–Crippen LogP) is 3.24. The minimum Gasteiger partial charge on any atom is -0.405 e. The van der Waals surface area contributed by atoms with Gasteiger partial charge in [-0.05, 0) is 19.1 Å². The maximum Gasteiger partial charge on any atom is 0.573 e. The van der Waals surface area contributed by atoms with Gasteiger partial charge in [0.2, 0.25) is 0 Å². The molecule has 0 spiro atoms. The van der Waals surface area contributed by atoms with E-state index >= 15 is 0 Å². The number of alkyl halides is 3. The van der Waals surface area contributed by atoms with Crippen LogP contribution in [-0.2, 0) is 0 Å². The normalized spacial score (nSPS) is 11.5. The van der Waals surface area contributed by atoms with Crippen LogP contribution in [0.3, 0.4) is 0 Å². The Morgan fingerprint density at radius 2 is 1.93 bits per heavy atom. The van der Waals surface area contributed by atoms with Gasteiger partial charge in [-0.15, -0.1) is 13.2 Å². The third-order valence-electron chi connectivity index (χ3n) is 1.59. The predicted molar refractivity (Wildman–Crippen MR) is 50.0 cm³/mol. The molecule has 0 saturated heterocycles. The molecule has 1 rings (SSSR count). The third-order valence-corrected chi connectivity index (χ3v) is 2.05. The van der Waals surface area contributed by atoms with E-state index in [4.69, 9.17) is 5.73 Å². The fraction of sp³-hybridized carbons (Fsp3) is 0.250. The van der Waals surface area contributed by atoms with Gasteiger partial charge in [0.1, 0.15) is 5.75 Å². The molecule has 0 fully saturated rings. The second-order valence-corrected chi connectivity index (χ2v) is 3.58. The summed E-state index contributed by atoms with van der Waals surface area (Å²) in [5.74, 6) is -0.288. The molecule has 0 saturated carbocycles. The molecular weight excluding hydrogens is 263 g/mol. The van der Waals surface area contributed by atoms with Gasteiger partial charge >= 0.3 is 6.36 Å². The Morgan fingerprint density at radius 1 is 1.36 bits per heavy atom. The summed E-state index contributed by atoms with van der Waals surface area (Å²) in [6, 6.07) is 2.73. The Kier molecular flexibility index (Phi) is 2.94. The summed E-state index contributed by atoms with van der Waals surface area (Å²) in [6.07, 6.45) is -4.70. The fourth-order valence-corrected chi connectivity index (χ4v) is 1.36. The Bertz CT molecular complexity index is 351. The first-order chi connectivity index (χ1) is 6.29. The minimum atomic E-state index is -4.70. The van der Waals surface area contributed by atoms with Crippen molar-refractivity contribution < 1.29 is 17.9 Å². The molecule has 0 aromatic heterocycles. The molecule has 0 bridgehead atoms. The van der Waals surface area contributed by atoms with Crippen molar-refractivity contribution in [2.45, 2.75) is 13.3 Å². The van der Waals surface area contributed by atoms with Crippen LogP contribution in [0.5, 0.6) is 5.75 Å². The molecule has 0 unspecified atom stereocenters. The number of nitrogen functional groups attached to an aromatic ring is 1. The van der Waals surface area contributed by atoms with Crippen molar-refractivity contribution >= 4 is 21.6 Å². The summed E-state index contributed by atoms with van der Waals surface area (Å²) in [6.45, 7) is 1.46. The van der Waals surface area contributed by atoms with Crippen LogP contribution < -0.4 is 10.5 Å². The Labute approximate surface area is 87.0 Å². The van der Waals surface area contributed by atoms with Crippen LogP contribution in [0.4, 0.5) is 18.9 Å². The summed E-state index contributed by atoms with van der Waals surface area (Å²) in [4.78, 5) is 0. The van der Waals surface area contributed by atoms with Gasteiger partial charge in [0.05, 0.1) is 0 Å². The number of ether oxygens (including phenoxy) is 1. The van der Waals surface area contributed by atoms with Gasteiger partial charge in [0.25, 0.3) is 0 Å². The van der Waals surface area contributed by atoms with Crippen LogP contribution in [0, 0.1) is 6.92 Å². The van der Waals surface area contributed by atoms with E-state index < -0.39 is 6.36 Å². The fourth-order valence-electron chi connectivity index (χ4n) is 0.905. The number of hydrogen-bond acceptors (Lipinski definition) is 2. The van der Waals surface area contributed by atoms with Crippen LogP contribution in [0.2, 0.25) is 0 Å². The molecule has 2 N–H and O–H groups in total. The van der Waals surface area contributed by atoms with Gasteiger partial charge in [-0.3, -0.25) is 0 Å². The number of rotatable bonds is 1. The van der Waals surface area contributed by atoms with Crippen molar-refractivity contribution in [3.05, 3.63) is 22.2 Å². The highest BCUT2D eigenvalue weighted by Gasteiger charge is 2.32. The van der Waals surface area contributed by atoms with Crippen LogP contribution in [0.15, 0.2) is 16.6 Å². The smallest absolute Gasteiger partial charge is 0.405 e. The van der Waals surface area contributed by atoms with Gasteiger partial charge in [-0.2, -0.15) is 0 Å². The van der Waals surface area contributed by atoms with Gasteiger partial charge in [0.15, 0.2) is 0 Å². The SMILES string of the molecule is Cc1c(N)cc(Br)cc1OC(F)(F)F. The van der Waals surface area contributed by atoms with Crippen molar-refractivity contribution in [2.24, 2.45) is 0 Å². The largest absolute Gasteiger partial charge is 0.573 e. The standard InChI is InChI=1S/C8H7BrF3NO/c1-4-6(13)2-5(9)3-7(4)14-8(10,11)12/h2-3H,13H2,1H3. The molecule has 2 nitrogen and oxygen atoms in total. The number of nitrogens with two attached hydrogens (primary N) is 1. The molecule has 0 aliphatic heterocycles. The molecule has 1 aromatic carbocycles. The number of benzene rings is 1. The Hall–Kier alpha value is -0.910. The van der Waals surface area contributed by atoms with Gasteiger partial charge in [0, 0.05) is 15.7 Å². The molecule has 0 aliphatic rings. The van der Waals surface area contributed by atoms with Crippen molar-refractivity contribution in [3.63, 3.8) is 0 Å². The van der Waals surface area contributed by atoms with E-state index in [1.807, 2.05) is 0 Å². The van der Waals surface area contributed by atoms with E-state index in [1.54, 1.807) is 0 Å². The summed E-state index contributed by atoms with van der Waals surface area (Å²) in [5.41, 5.74) is 5.98. The Morgan fingerprint density at radius 3 is 2.43 bits per heavy atom. The molecule has 0 amide bonds. The average molecular weight is 270 g/mol. The van der Waals surface area contributed by atoms with E-state index in [0.717, 1.165) is 0 Å². The van der Waals surface area contributed by atoms with Crippen molar-refractivity contribution in [1.29, 1.82) is 0 Å². The third kappa shape index (κ3) is 2.80. The zero-order chi connectivity index (χ0) is 10.9. The molecule has 0 aliphatic carbocycles. The highest BCUT2D eigenvalue weighted by Crippen LogP contribution is 2.32. The van der Waals surface area contributed by atoms with Crippen LogP contribution >= 0.6 is 15.9 Å². The lowest BCUT2D eigenvalue weighted by molar-refractivity contribution is -0.274. The minimum absolute atomic E-state index is 0.249. The van der Waals surface area contributed by atoms with Crippen LogP contribution in [-0.4, -0.2) is 6.36 Å². The quantitative estimate of drug-likeness (QED) is 0.795. The zero-order valence-corrected chi connectivity index (χ0v) is 8.74. The Balaban J connectivity index is 3.09.